The monoisotopic (exact) mass is 469 g/mol. The molecule has 0 spiro atoms. The van der Waals surface area contributed by atoms with Crippen LogP contribution < -0.4 is 5.32 Å². The SMILES string of the molecule is CCOC(=O)c1cncn1C[C@](C)(NC(=O)OC(C)(C)C)c1cc(Br)ccc1F. The fourth-order valence-corrected chi connectivity index (χ4v) is 3.16. The maximum absolute atomic E-state index is 14.7. The Morgan fingerprint density at radius 3 is 2.59 bits per heavy atom. The minimum atomic E-state index is -1.25. The van der Waals surface area contributed by atoms with Crippen LogP contribution in [0, 0.1) is 5.82 Å². The highest BCUT2D eigenvalue weighted by Gasteiger charge is 2.35. The van der Waals surface area contributed by atoms with Crippen LogP contribution in [0.25, 0.3) is 0 Å². The normalized spacial score (nSPS) is 13.5. The summed E-state index contributed by atoms with van der Waals surface area (Å²) in [5.41, 5.74) is -1.56. The van der Waals surface area contributed by atoms with Crippen molar-refractivity contribution in [1.29, 1.82) is 0 Å². The summed E-state index contributed by atoms with van der Waals surface area (Å²) in [7, 11) is 0. The van der Waals surface area contributed by atoms with Gasteiger partial charge in [0.1, 0.15) is 17.1 Å². The molecule has 1 aromatic carbocycles. The molecular formula is C20H25BrFN3O4. The average molecular weight is 470 g/mol. The number of imidazole rings is 1. The second-order valence-electron chi connectivity index (χ2n) is 7.71. The van der Waals surface area contributed by atoms with Crippen LogP contribution in [0.15, 0.2) is 35.2 Å². The van der Waals surface area contributed by atoms with Gasteiger partial charge < -0.3 is 19.4 Å². The quantitative estimate of drug-likeness (QED) is 0.633. The molecule has 0 aliphatic carbocycles. The zero-order valence-electron chi connectivity index (χ0n) is 17.1. The number of carbonyl (C=O) groups excluding carboxylic acids is 2. The van der Waals surface area contributed by atoms with E-state index in [1.807, 2.05) is 0 Å². The van der Waals surface area contributed by atoms with Gasteiger partial charge in [-0.05, 0) is 52.8 Å². The molecule has 1 aromatic heterocycles. The summed E-state index contributed by atoms with van der Waals surface area (Å²) in [6, 6.07) is 4.44. The van der Waals surface area contributed by atoms with E-state index in [9.17, 15) is 14.0 Å². The number of nitrogens with zero attached hydrogens (tertiary/aromatic N) is 2. The maximum atomic E-state index is 14.7. The zero-order valence-corrected chi connectivity index (χ0v) is 18.7. The number of rotatable bonds is 6. The van der Waals surface area contributed by atoms with Gasteiger partial charge in [-0.3, -0.25) is 0 Å². The molecule has 2 aromatic rings. The van der Waals surface area contributed by atoms with Crippen molar-refractivity contribution in [2.24, 2.45) is 0 Å². The van der Waals surface area contributed by atoms with Gasteiger partial charge in [-0.2, -0.15) is 0 Å². The van der Waals surface area contributed by atoms with Crippen molar-refractivity contribution in [3.8, 4) is 0 Å². The molecule has 7 nitrogen and oxygen atoms in total. The van der Waals surface area contributed by atoms with Crippen molar-refractivity contribution in [3.63, 3.8) is 0 Å². The fourth-order valence-electron chi connectivity index (χ4n) is 2.80. The highest BCUT2D eigenvalue weighted by Crippen LogP contribution is 2.29. The summed E-state index contributed by atoms with van der Waals surface area (Å²) in [5.74, 6) is -1.07. The lowest BCUT2D eigenvalue weighted by molar-refractivity contribution is 0.0446. The van der Waals surface area contributed by atoms with Crippen LogP contribution in [0.4, 0.5) is 9.18 Å². The van der Waals surface area contributed by atoms with Gasteiger partial charge in [0.25, 0.3) is 0 Å². The number of aromatic nitrogens is 2. The summed E-state index contributed by atoms with van der Waals surface area (Å²) < 4.78 is 27.3. The molecule has 0 bridgehead atoms. The second-order valence-corrected chi connectivity index (χ2v) is 8.63. The molecule has 0 radical (unpaired) electrons. The Hall–Kier alpha value is -2.42. The lowest BCUT2D eigenvalue weighted by atomic mass is 9.91. The third-order valence-corrected chi connectivity index (χ3v) is 4.48. The van der Waals surface area contributed by atoms with Crippen molar-refractivity contribution in [3.05, 3.63) is 52.3 Å². The number of nitrogens with one attached hydrogen (secondary N) is 1. The predicted octanol–water partition coefficient (Wildman–Crippen LogP) is 4.40. The van der Waals surface area contributed by atoms with E-state index in [2.05, 4.69) is 26.2 Å². The molecule has 29 heavy (non-hydrogen) atoms. The molecule has 1 amide bonds. The average Bonchev–Trinajstić information content (AvgIpc) is 3.03. The number of hydrogen-bond donors (Lipinski definition) is 1. The van der Waals surface area contributed by atoms with Crippen molar-refractivity contribution >= 4 is 28.0 Å². The summed E-state index contributed by atoms with van der Waals surface area (Å²) in [6.45, 7) is 8.78. The molecular weight excluding hydrogens is 445 g/mol. The van der Waals surface area contributed by atoms with Gasteiger partial charge >= 0.3 is 12.1 Å². The van der Waals surface area contributed by atoms with E-state index >= 15 is 0 Å². The van der Waals surface area contributed by atoms with Gasteiger partial charge in [-0.25, -0.2) is 19.0 Å². The topological polar surface area (TPSA) is 82.5 Å². The largest absolute Gasteiger partial charge is 0.461 e. The van der Waals surface area contributed by atoms with Crippen molar-refractivity contribution in [1.82, 2.24) is 14.9 Å². The van der Waals surface area contributed by atoms with Crippen LogP contribution in [0.5, 0.6) is 0 Å². The highest BCUT2D eigenvalue weighted by molar-refractivity contribution is 9.10. The number of esters is 1. The number of ether oxygens (including phenoxy) is 2. The summed E-state index contributed by atoms with van der Waals surface area (Å²) >= 11 is 3.34. The lowest BCUT2D eigenvalue weighted by Crippen LogP contribution is -2.49. The summed E-state index contributed by atoms with van der Waals surface area (Å²) in [4.78, 5) is 28.7. The summed E-state index contributed by atoms with van der Waals surface area (Å²) in [6.07, 6.45) is 2.08. The number of carbonyl (C=O) groups is 2. The van der Waals surface area contributed by atoms with Crippen LogP contribution in [-0.2, 0) is 21.6 Å². The Labute approximate surface area is 177 Å². The van der Waals surface area contributed by atoms with Gasteiger partial charge in [-0.1, -0.05) is 15.9 Å². The van der Waals surface area contributed by atoms with E-state index < -0.39 is 29.0 Å². The Morgan fingerprint density at radius 1 is 1.28 bits per heavy atom. The highest BCUT2D eigenvalue weighted by atomic mass is 79.9. The van der Waals surface area contributed by atoms with Crippen LogP contribution in [0.2, 0.25) is 0 Å². The first-order valence-electron chi connectivity index (χ1n) is 9.09. The van der Waals surface area contributed by atoms with Crippen molar-refractivity contribution in [2.75, 3.05) is 6.61 Å². The van der Waals surface area contributed by atoms with E-state index in [0.717, 1.165) is 0 Å². The number of amides is 1. The number of hydrogen-bond acceptors (Lipinski definition) is 5. The Morgan fingerprint density at radius 2 is 1.97 bits per heavy atom. The maximum Gasteiger partial charge on any atom is 0.408 e. The third kappa shape index (κ3) is 6.03. The van der Waals surface area contributed by atoms with E-state index in [-0.39, 0.29) is 24.4 Å². The standard InChI is InChI=1S/C20H25BrFN3O4/c1-6-28-17(26)16-10-23-12-25(16)11-20(5,24-18(27)29-19(2,3)4)14-9-13(21)7-8-15(14)22/h7-10,12H,6,11H2,1-5H3,(H,24,27)/t20-/m0/s1. The zero-order chi connectivity index (χ0) is 21.8. The van der Waals surface area contributed by atoms with E-state index in [0.29, 0.717) is 4.47 Å². The van der Waals surface area contributed by atoms with Crippen LogP contribution >= 0.6 is 15.9 Å². The molecule has 158 valence electrons. The third-order valence-electron chi connectivity index (χ3n) is 3.98. The smallest absolute Gasteiger partial charge is 0.408 e. The van der Waals surface area contributed by atoms with Gasteiger partial charge in [0.15, 0.2) is 0 Å². The van der Waals surface area contributed by atoms with Gasteiger partial charge in [0.2, 0.25) is 0 Å². The first-order valence-corrected chi connectivity index (χ1v) is 9.88. The number of benzene rings is 1. The molecule has 0 fully saturated rings. The van der Waals surface area contributed by atoms with Gasteiger partial charge in [-0.15, -0.1) is 0 Å². The molecule has 1 N–H and O–H groups in total. The molecule has 0 aliphatic heterocycles. The summed E-state index contributed by atoms with van der Waals surface area (Å²) in [5, 5.41) is 2.75. The Balaban J connectivity index is 2.46. The van der Waals surface area contributed by atoms with Crippen molar-refractivity contribution in [2.45, 2.75) is 52.3 Å². The van der Waals surface area contributed by atoms with Gasteiger partial charge in [0.05, 0.1) is 31.2 Å². The van der Waals surface area contributed by atoms with Gasteiger partial charge in [0, 0.05) is 10.0 Å². The predicted molar refractivity (Wildman–Crippen MR) is 109 cm³/mol. The van der Waals surface area contributed by atoms with E-state index in [1.54, 1.807) is 46.8 Å². The second kappa shape index (κ2) is 8.94. The lowest BCUT2D eigenvalue weighted by Gasteiger charge is -2.33. The minimum absolute atomic E-state index is 0.0216. The molecule has 1 atom stereocenters. The molecule has 0 saturated heterocycles. The van der Waals surface area contributed by atoms with Crippen LogP contribution in [-0.4, -0.2) is 33.8 Å². The first-order chi connectivity index (χ1) is 13.4. The Kier molecular flexibility index (Phi) is 7.05. The molecule has 2 rings (SSSR count). The van der Waals surface area contributed by atoms with Crippen LogP contribution in [0.1, 0.15) is 50.7 Å². The van der Waals surface area contributed by atoms with E-state index in [4.69, 9.17) is 9.47 Å². The first kappa shape index (κ1) is 22.9. The van der Waals surface area contributed by atoms with Crippen LogP contribution in [0.3, 0.4) is 0 Å². The fraction of sp³-hybridized carbons (Fsp3) is 0.450. The number of alkyl carbamates (subject to hydrolysis) is 1. The Bertz CT molecular complexity index is 894. The molecule has 9 heteroatoms. The minimum Gasteiger partial charge on any atom is -0.461 e. The van der Waals surface area contributed by atoms with E-state index in [1.165, 1.54) is 23.2 Å². The number of halogens is 2. The van der Waals surface area contributed by atoms with Crippen molar-refractivity contribution < 1.29 is 23.5 Å². The molecule has 0 saturated carbocycles. The molecule has 1 heterocycles. The molecule has 0 aliphatic rings. The molecule has 0 unspecified atom stereocenters.